The Balaban J connectivity index is 1.30. The molecule has 178 valence electrons. The summed E-state index contributed by atoms with van der Waals surface area (Å²) in [7, 11) is 0. The number of primary amides is 1. The Kier molecular flexibility index (Phi) is 7.92. The van der Waals surface area contributed by atoms with Crippen LogP contribution in [0.15, 0.2) is 53.9 Å². The average Bonchev–Trinajstić information content (AvgIpc) is 3.27. The van der Waals surface area contributed by atoms with Gasteiger partial charge in [0.05, 0.1) is 16.6 Å². The van der Waals surface area contributed by atoms with E-state index >= 15 is 0 Å². The molecule has 1 atom stereocenters. The van der Waals surface area contributed by atoms with Crippen molar-refractivity contribution in [3.05, 3.63) is 81.3 Å². The molecule has 2 aromatic carbocycles. The number of nitrogens with two attached hydrogens (primary N) is 1. The number of ether oxygens (including phenoxy) is 1. The molecule has 1 unspecified atom stereocenters. The first-order chi connectivity index (χ1) is 16.5. The smallest absolute Gasteiger partial charge is 0.251 e. The topological polar surface area (TPSA) is 97.6 Å². The van der Waals surface area contributed by atoms with E-state index in [0.717, 1.165) is 47.8 Å². The number of thiazole rings is 1. The van der Waals surface area contributed by atoms with Crippen molar-refractivity contribution in [2.75, 3.05) is 13.1 Å². The first kappa shape index (κ1) is 23.9. The number of hydrogen-bond donors (Lipinski definition) is 2. The predicted molar refractivity (Wildman–Crippen MR) is 132 cm³/mol. The molecule has 1 aliphatic heterocycles. The van der Waals surface area contributed by atoms with Crippen molar-refractivity contribution in [1.29, 1.82) is 0 Å². The summed E-state index contributed by atoms with van der Waals surface area (Å²) in [5.74, 6) is 0.201. The molecule has 0 spiro atoms. The standard InChI is InChI=1S/C26H30N4O3S/c1-18-29-23(17-34-18)16-33-24-9-3-7-21(12-24)26(32)28-13-19-5-2-6-20(11-19)14-30-10-4-8-22(15-30)25(27)31/h2-3,5-7,9,11-12,17,22H,4,8,10,13-16H2,1H3,(H2,27,31)(H,28,32). The molecule has 1 fully saturated rings. The third-order valence-electron chi connectivity index (χ3n) is 5.91. The zero-order valence-corrected chi connectivity index (χ0v) is 20.1. The zero-order valence-electron chi connectivity index (χ0n) is 19.3. The predicted octanol–water partition coefficient (Wildman–Crippen LogP) is 3.66. The molecule has 0 saturated carbocycles. The quantitative estimate of drug-likeness (QED) is 0.489. The van der Waals surface area contributed by atoms with Gasteiger partial charge in [0.15, 0.2) is 0 Å². The molecule has 1 aliphatic rings. The summed E-state index contributed by atoms with van der Waals surface area (Å²) >= 11 is 1.59. The number of amides is 2. The lowest BCUT2D eigenvalue weighted by Crippen LogP contribution is -2.40. The summed E-state index contributed by atoms with van der Waals surface area (Å²) < 4.78 is 5.80. The number of rotatable bonds is 9. The van der Waals surface area contributed by atoms with E-state index in [1.54, 1.807) is 23.5 Å². The van der Waals surface area contributed by atoms with Crippen LogP contribution < -0.4 is 15.8 Å². The van der Waals surface area contributed by atoms with E-state index < -0.39 is 0 Å². The maximum absolute atomic E-state index is 12.7. The van der Waals surface area contributed by atoms with Crippen molar-refractivity contribution in [2.24, 2.45) is 11.7 Å². The normalized spacial score (nSPS) is 16.2. The molecule has 1 saturated heterocycles. The number of benzene rings is 2. The van der Waals surface area contributed by atoms with Gasteiger partial charge in [-0.05, 0) is 55.6 Å². The highest BCUT2D eigenvalue weighted by molar-refractivity contribution is 7.09. The summed E-state index contributed by atoms with van der Waals surface area (Å²) in [5, 5.41) is 5.97. The van der Waals surface area contributed by atoms with Gasteiger partial charge in [-0.1, -0.05) is 30.3 Å². The lowest BCUT2D eigenvalue weighted by Gasteiger charge is -2.31. The Morgan fingerprint density at radius 2 is 2.03 bits per heavy atom. The van der Waals surface area contributed by atoms with Crippen LogP contribution in [0.4, 0.5) is 0 Å². The summed E-state index contributed by atoms with van der Waals surface area (Å²) in [5.41, 5.74) is 9.12. The summed E-state index contributed by atoms with van der Waals surface area (Å²) in [4.78, 5) is 30.9. The van der Waals surface area contributed by atoms with Gasteiger partial charge in [-0.3, -0.25) is 14.5 Å². The number of hydrogen-bond acceptors (Lipinski definition) is 6. The first-order valence-corrected chi connectivity index (χ1v) is 12.4. The Bertz CT molecular complexity index is 1150. The number of carbonyl (C=O) groups is 2. The molecule has 1 aromatic heterocycles. The van der Waals surface area contributed by atoms with Crippen molar-refractivity contribution < 1.29 is 14.3 Å². The minimum atomic E-state index is -0.214. The molecule has 8 heteroatoms. The molecule has 3 N–H and O–H groups in total. The highest BCUT2D eigenvalue weighted by Crippen LogP contribution is 2.19. The maximum Gasteiger partial charge on any atom is 0.251 e. The molecule has 3 aromatic rings. The van der Waals surface area contributed by atoms with E-state index in [1.807, 2.05) is 36.6 Å². The van der Waals surface area contributed by atoms with Crippen LogP contribution in [0.3, 0.4) is 0 Å². The average molecular weight is 479 g/mol. The van der Waals surface area contributed by atoms with Crippen molar-refractivity contribution in [1.82, 2.24) is 15.2 Å². The zero-order chi connectivity index (χ0) is 23.9. The van der Waals surface area contributed by atoms with Crippen LogP contribution in [0.1, 0.15) is 45.0 Å². The fourth-order valence-corrected chi connectivity index (χ4v) is 4.77. The van der Waals surface area contributed by atoms with Gasteiger partial charge in [0.1, 0.15) is 12.4 Å². The second-order valence-electron chi connectivity index (χ2n) is 8.65. The van der Waals surface area contributed by atoms with Gasteiger partial charge in [0.2, 0.25) is 5.91 Å². The van der Waals surface area contributed by atoms with Gasteiger partial charge >= 0.3 is 0 Å². The largest absolute Gasteiger partial charge is 0.487 e. The van der Waals surface area contributed by atoms with Gasteiger partial charge < -0.3 is 15.8 Å². The monoisotopic (exact) mass is 478 g/mol. The minimum absolute atomic E-state index is 0.0680. The van der Waals surface area contributed by atoms with Crippen LogP contribution in [0.2, 0.25) is 0 Å². The van der Waals surface area contributed by atoms with Crippen LogP contribution in [0.25, 0.3) is 0 Å². The Morgan fingerprint density at radius 1 is 1.21 bits per heavy atom. The fourth-order valence-electron chi connectivity index (χ4n) is 4.17. The summed E-state index contributed by atoms with van der Waals surface area (Å²) in [6, 6.07) is 15.3. The number of nitrogens with one attached hydrogen (secondary N) is 1. The minimum Gasteiger partial charge on any atom is -0.487 e. The molecule has 0 bridgehead atoms. The van der Waals surface area contributed by atoms with E-state index in [-0.39, 0.29) is 17.7 Å². The van der Waals surface area contributed by atoms with Crippen LogP contribution in [-0.4, -0.2) is 34.8 Å². The molecule has 2 heterocycles. The number of likely N-dealkylation sites (tertiary alicyclic amines) is 1. The van der Waals surface area contributed by atoms with Crippen LogP contribution >= 0.6 is 11.3 Å². The van der Waals surface area contributed by atoms with Crippen LogP contribution in [-0.2, 0) is 24.5 Å². The van der Waals surface area contributed by atoms with E-state index in [9.17, 15) is 9.59 Å². The van der Waals surface area contributed by atoms with Gasteiger partial charge in [-0.25, -0.2) is 4.98 Å². The second kappa shape index (κ2) is 11.3. The van der Waals surface area contributed by atoms with Crippen molar-refractivity contribution in [3.8, 4) is 5.75 Å². The number of aryl methyl sites for hydroxylation is 1. The van der Waals surface area contributed by atoms with Crippen molar-refractivity contribution >= 4 is 23.2 Å². The van der Waals surface area contributed by atoms with Crippen LogP contribution in [0.5, 0.6) is 5.75 Å². The van der Waals surface area contributed by atoms with E-state index in [4.69, 9.17) is 10.5 Å². The van der Waals surface area contributed by atoms with Gasteiger partial charge in [-0.2, -0.15) is 0 Å². The molecule has 4 rings (SSSR count). The maximum atomic E-state index is 12.7. The third-order valence-corrected chi connectivity index (χ3v) is 6.73. The van der Waals surface area contributed by atoms with Crippen molar-refractivity contribution in [3.63, 3.8) is 0 Å². The fraction of sp³-hybridized carbons (Fsp3) is 0.346. The molecule has 0 aliphatic carbocycles. The van der Waals surface area contributed by atoms with Gasteiger partial charge in [-0.15, -0.1) is 11.3 Å². The molecule has 2 amide bonds. The molecule has 7 nitrogen and oxygen atoms in total. The van der Waals surface area contributed by atoms with E-state index in [0.29, 0.717) is 31.0 Å². The molecule has 0 radical (unpaired) electrons. The Morgan fingerprint density at radius 3 is 2.82 bits per heavy atom. The second-order valence-corrected chi connectivity index (χ2v) is 9.72. The van der Waals surface area contributed by atoms with Crippen LogP contribution in [0, 0.1) is 12.8 Å². The lowest BCUT2D eigenvalue weighted by molar-refractivity contribution is -0.123. The van der Waals surface area contributed by atoms with Crippen molar-refractivity contribution in [2.45, 2.75) is 39.5 Å². The summed E-state index contributed by atoms with van der Waals surface area (Å²) in [6.07, 6.45) is 1.85. The summed E-state index contributed by atoms with van der Waals surface area (Å²) in [6.45, 7) is 5.20. The van der Waals surface area contributed by atoms with Gasteiger partial charge in [0, 0.05) is 30.6 Å². The molecule has 34 heavy (non-hydrogen) atoms. The highest BCUT2D eigenvalue weighted by Gasteiger charge is 2.23. The third kappa shape index (κ3) is 6.65. The van der Waals surface area contributed by atoms with E-state index in [2.05, 4.69) is 27.3 Å². The molecular weight excluding hydrogens is 448 g/mol. The highest BCUT2D eigenvalue weighted by atomic mass is 32.1. The molecular formula is C26H30N4O3S. The Labute approximate surface area is 204 Å². The Hall–Kier alpha value is -3.23. The number of carbonyl (C=O) groups excluding carboxylic acids is 2. The van der Waals surface area contributed by atoms with E-state index in [1.165, 1.54) is 0 Å². The number of piperidine rings is 1. The lowest BCUT2D eigenvalue weighted by atomic mass is 9.97. The number of aromatic nitrogens is 1. The first-order valence-electron chi connectivity index (χ1n) is 11.5. The SMILES string of the molecule is Cc1nc(COc2cccc(C(=O)NCc3cccc(CN4CCCC(C(N)=O)C4)c3)c2)cs1. The number of nitrogens with zero attached hydrogens (tertiary/aromatic N) is 2. The van der Waals surface area contributed by atoms with Gasteiger partial charge in [0.25, 0.3) is 5.91 Å².